The number of anilines is 1. The Balaban J connectivity index is 1.62. The van der Waals surface area contributed by atoms with Gasteiger partial charge in [0, 0.05) is 15.6 Å². The normalized spacial score (nSPS) is 15.6. The van der Waals surface area contributed by atoms with Crippen LogP contribution in [0.5, 0.6) is 11.5 Å². The number of fused-ring (bicyclic) bond motifs is 1. The number of ether oxygens (including phenoxy) is 2. The van der Waals surface area contributed by atoms with Crippen LogP contribution in [0.3, 0.4) is 0 Å². The van der Waals surface area contributed by atoms with Crippen LogP contribution < -0.4 is 14.8 Å². The van der Waals surface area contributed by atoms with Gasteiger partial charge in [0.15, 0.2) is 11.5 Å². The zero-order valence-corrected chi connectivity index (χ0v) is 17.1. The Morgan fingerprint density at radius 1 is 1.17 bits per heavy atom. The van der Waals surface area contributed by atoms with E-state index in [0.29, 0.717) is 39.7 Å². The Hall–Kier alpha value is -2.77. The third-order valence-corrected chi connectivity index (χ3v) is 5.29. The largest absolute Gasteiger partial charge is 0.490 e. The van der Waals surface area contributed by atoms with Crippen LogP contribution in [0, 0.1) is 0 Å². The molecule has 9 heteroatoms. The van der Waals surface area contributed by atoms with Gasteiger partial charge in [0.25, 0.3) is 0 Å². The van der Waals surface area contributed by atoms with Crippen molar-refractivity contribution < 1.29 is 14.3 Å². The summed E-state index contributed by atoms with van der Waals surface area (Å²) in [5.41, 5.74) is 1.58. The van der Waals surface area contributed by atoms with E-state index >= 15 is 0 Å². The van der Waals surface area contributed by atoms with E-state index in [1.54, 1.807) is 22.9 Å². The van der Waals surface area contributed by atoms with Crippen LogP contribution >= 0.6 is 23.2 Å². The molecule has 0 fully saturated rings. The summed E-state index contributed by atoms with van der Waals surface area (Å²) < 4.78 is 13.4. The van der Waals surface area contributed by atoms with E-state index in [-0.39, 0.29) is 25.0 Å². The zero-order chi connectivity index (χ0) is 20.4. The number of nitrogens with zero attached hydrogens (tertiary/aromatic N) is 3. The quantitative estimate of drug-likeness (QED) is 0.620. The topological polar surface area (TPSA) is 78.3 Å². The van der Waals surface area contributed by atoms with Gasteiger partial charge in [-0.05, 0) is 36.8 Å². The molecule has 0 saturated carbocycles. The molecule has 3 aromatic rings. The summed E-state index contributed by atoms with van der Waals surface area (Å²) in [6.07, 6.45) is 1.68. The second-order valence-corrected chi connectivity index (χ2v) is 7.24. The summed E-state index contributed by atoms with van der Waals surface area (Å²) in [5, 5.41) is 8.02. The molecule has 0 radical (unpaired) electrons. The predicted octanol–water partition coefficient (Wildman–Crippen LogP) is 4.49. The van der Waals surface area contributed by atoms with Gasteiger partial charge in [0.1, 0.15) is 12.9 Å². The maximum Gasteiger partial charge on any atom is 0.229 e. The number of benzene rings is 2. The number of carbonyl (C=O) groups is 1. The minimum Gasteiger partial charge on any atom is -0.490 e. The van der Waals surface area contributed by atoms with Gasteiger partial charge in [0.2, 0.25) is 11.9 Å². The molecule has 1 atom stereocenters. The van der Waals surface area contributed by atoms with Crippen molar-refractivity contribution in [1.82, 2.24) is 14.8 Å². The summed E-state index contributed by atoms with van der Waals surface area (Å²) in [4.78, 5) is 16.1. The number of aromatic nitrogens is 3. The molecule has 150 valence electrons. The Morgan fingerprint density at radius 2 is 1.97 bits per heavy atom. The predicted molar refractivity (Wildman–Crippen MR) is 110 cm³/mol. The number of carbonyl (C=O) groups excluding carboxylic acids is 1. The van der Waals surface area contributed by atoms with Crippen molar-refractivity contribution >= 4 is 35.1 Å². The highest BCUT2D eigenvalue weighted by Crippen LogP contribution is 2.36. The Bertz CT molecular complexity index is 1030. The third kappa shape index (κ3) is 4.02. The summed E-state index contributed by atoms with van der Waals surface area (Å²) in [6, 6.07) is 10.6. The second kappa shape index (κ2) is 8.31. The van der Waals surface area contributed by atoms with E-state index in [4.69, 9.17) is 32.7 Å². The second-order valence-electron chi connectivity index (χ2n) is 6.42. The first kappa shape index (κ1) is 19.5. The first-order valence-electron chi connectivity index (χ1n) is 9.08. The molecule has 1 unspecified atom stereocenters. The number of rotatable bonds is 6. The first-order chi connectivity index (χ1) is 14.1. The van der Waals surface area contributed by atoms with Crippen LogP contribution in [0.4, 0.5) is 5.95 Å². The average molecular weight is 433 g/mol. The minimum absolute atomic E-state index is 0.109. The van der Waals surface area contributed by atoms with E-state index in [1.165, 1.54) is 6.33 Å². The van der Waals surface area contributed by atoms with Crippen molar-refractivity contribution in [2.75, 3.05) is 11.9 Å². The fraction of sp³-hybridized carbons (Fsp3) is 0.250. The zero-order valence-electron chi connectivity index (χ0n) is 15.6. The molecule has 1 N–H and O–H groups in total. The van der Waals surface area contributed by atoms with Gasteiger partial charge >= 0.3 is 0 Å². The fourth-order valence-corrected chi connectivity index (χ4v) is 3.71. The molecule has 29 heavy (non-hydrogen) atoms. The van der Waals surface area contributed by atoms with Crippen molar-refractivity contribution in [1.29, 1.82) is 0 Å². The highest BCUT2D eigenvalue weighted by molar-refractivity contribution is 6.35. The molecular weight excluding hydrogens is 415 g/mol. The van der Waals surface area contributed by atoms with Crippen molar-refractivity contribution in [2.45, 2.75) is 26.0 Å². The molecule has 1 aliphatic heterocycles. The van der Waals surface area contributed by atoms with Gasteiger partial charge < -0.3 is 9.47 Å². The molecule has 1 aromatic heterocycles. The lowest BCUT2D eigenvalue weighted by molar-refractivity contribution is -0.117. The van der Waals surface area contributed by atoms with Gasteiger partial charge in [0.05, 0.1) is 19.1 Å². The first-order valence-corrected chi connectivity index (χ1v) is 9.84. The standard InChI is InChI=1S/C20H18Cl2N4O3/c1-2-28-18-8-12(16-9-19(27)25-20-23-11-24-26(16)20)6-7-17(18)29-10-13-14(21)4-3-5-15(13)22/h3-8,11,16H,2,9-10H2,1H3,(H,23,24,25,27). The summed E-state index contributed by atoms with van der Waals surface area (Å²) in [5.74, 6) is 1.45. The summed E-state index contributed by atoms with van der Waals surface area (Å²) >= 11 is 12.5. The number of nitrogens with one attached hydrogen (secondary N) is 1. The maximum absolute atomic E-state index is 12.0. The van der Waals surface area contributed by atoms with Gasteiger partial charge in [-0.25, -0.2) is 4.68 Å². The van der Waals surface area contributed by atoms with Crippen LogP contribution in [0.2, 0.25) is 10.0 Å². The Labute approximate surface area is 177 Å². The average Bonchev–Trinajstić information content (AvgIpc) is 3.16. The monoisotopic (exact) mass is 432 g/mol. The Morgan fingerprint density at radius 3 is 2.72 bits per heavy atom. The molecule has 0 bridgehead atoms. The van der Waals surface area contributed by atoms with E-state index in [0.717, 1.165) is 5.56 Å². The molecule has 1 aliphatic rings. The van der Waals surface area contributed by atoms with Gasteiger partial charge in [-0.1, -0.05) is 35.3 Å². The van der Waals surface area contributed by atoms with Crippen molar-refractivity contribution in [3.8, 4) is 11.5 Å². The number of halogens is 2. The minimum atomic E-state index is -0.271. The Kier molecular flexibility index (Phi) is 5.60. The van der Waals surface area contributed by atoms with E-state index in [1.807, 2.05) is 25.1 Å². The van der Waals surface area contributed by atoms with Gasteiger partial charge in [-0.3, -0.25) is 10.1 Å². The van der Waals surface area contributed by atoms with Crippen molar-refractivity contribution in [3.05, 3.63) is 63.9 Å². The van der Waals surface area contributed by atoms with E-state index in [2.05, 4.69) is 15.4 Å². The molecule has 0 saturated heterocycles. The molecule has 7 nitrogen and oxygen atoms in total. The van der Waals surface area contributed by atoms with Gasteiger partial charge in [-0.2, -0.15) is 10.1 Å². The number of hydrogen-bond donors (Lipinski definition) is 1. The summed E-state index contributed by atoms with van der Waals surface area (Å²) in [6.45, 7) is 2.56. The number of hydrogen-bond acceptors (Lipinski definition) is 5. The lowest BCUT2D eigenvalue weighted by Gasteiger charge is -2.24. The smallest absolute Gasteiger partial charge is 0.229 e. The highest BCUT2D eigenvalue weighted by Gasteiger charge is 2.28. The number of amides is 1. The molecule has 4 rings (SSSR count). The molecular formula is C20H18Cl2N4O3. The lowest BCUT2D eigenvalue weighted by atomic mass is 10.0. The fourth-order valence-electron chi connectivity index (χ4n) is 3.20. The molecule has 1 amide bonds. The SMILES string of the molecule is CCOc1cc(C2CC(=O)Nc3ncnn32)ccc1OCc1c(Cl)cccc1Cl. The molecule has 2 heterocycles. The van der Waals surface area contributed by atoms with Crippen molar-refractivity contribution in [3.63, 3.8) is 0 Å². The molecule has 2 aromatic carbocycles. The highest BCUT2D eigenvalue weighted by atomic mass is 35.5. The van der Waals surface area contributed by atoms with E-state index in [9.17, 15) is 4.79 Å². The third-order valence-electron chi connectivity index (χ3n) is 4.58. The van der Waals surface area contributed by atoms with E-state index < -0.39 is 0 Å². The lowest BCUT2D eigenvalue weighted by Crippen LogP contribution is -2.29. The summed E-state index contributed by atoms with van der Waals surface area (Å²) in [7, 11) is 0. The van der Waals surface area contributed by atoms with Crippen LogP contribution in [0.25, 0.3) is 0 Å². The van der Waals surface area contributed by atoms with Crippen LogP contribution in [0.15, 0.2) is 42.7 Å². The van der Waals surface area contributed by atoms with Crippen LogP contribution in [-0.2, 0) is 11.4 Å². The van der Waals surface area contributed by atoms with Crippen molar-refractivity contribution in [2.24, 2.45) is 0 Å². The molecule has 0 spiro atoms. The van der Waals surface area contributed by atoms with Crippen LogP contribution in [0.1, 0.15) is 30.5 Å². The van der Waals surface area contributed by atoms with Gasteiger partial charge in [-0.15, -0.1) is 0 Å². The van der Waals surface area contributed by atoms with Crippen LogP contribution in [-0.4, -0.2) is 27.3 Å². The maximum atomic E-state index is 12.0. The molecule has 0 aliphatic carbocycles.